The van der Waals surface area contributed by atoms with Crippen LogP contribution in [0.5, 0.6) is 0 Å². The largest absolute Gasteiger partial charge is 0.371 e. The molecule has 1 atom stereocenters. The lowest BCUT2D eigenvalue weighted by Gasteiger charge is -2.41. The fourth-order valence-corrected chi connectivity index (χ4v) is 2.47. The Labute approximate surface area is 104 Å². The lowest BCUT2D eigenvalue weighted by atomic mass is 9.99. The summed E-state index contributed by atoms with van der Waals surface area (Å²) in [5, 5.41) is 0. The summed E-state index contributed by atoms with van der Waals surface area (Å²) in [6.07, 6.45) is 0. The third kappa shape index (κ3) is 2.12. The zero-order chi connectivity index (χ0) is 12.6. The monoisotopic (exact) mass is 233 g/mol. The molecule has 0 saturated carbocycles. The second-order valence-corrected chi connectivity index (χ2v) is 5.28. The van der Waals surface area contributed by atoms with E-state index in [0.29, 0.717) is 18.5 Å². The van der Waals surface area contributed by atoms with Crippen LogP contribution in [0.1, 0.15) is 25.3 Å². The van der Waals surface area contributed by atoms with Gasteiger partial charge in [-0.2, -0.15) is 0 Å². The molecule has 17 heavy (non-hydrogen) atoms. The van der Waals surface area contributed by atoms with Crippen molar-refractivity contribution in [2.24, 2.45) is 5.73 Å². The Balaban J connectivity index is 2.44. The van der Waals surface area contributed by atoms with E-state index in [9.17, 15) is 0 Å². The smallest absolute Gasteiger partial charge is 0.0607 e. The van der Waals surface area contributed by atoms with Gasteiger partial charge in [0.2, 0.25) is 0 Å². The van der Waals surface area contributed by atoms with Gasteiger partial charge in [0, 0.05) is 27.2 Å². The molecule has 3 heteroatoms. The lowest BCUT2D eigenvalue weighted by molar-refractivity contribution is 0.609. The number of hydrogen-bond acceptors (Lipinski definition) is 3. The summed E-state index contributed by atoms with van der Waals surface area (Å²) in [5.41, 5.74) is 9.85. The lowest BCUT2D eigenvalue weighted by Crippen LogP contribution is -2.49. The van der Waals surface area contributed by atoms with E-state index in [2.05, 4.69) is 55.9 Å². The zero-order valence-electron chi connectivity index (χ0n) is 11.3. The molecule has 1 aromatic rings. The van der Waals surface area contributed by atoms with E-state index in [1.807, 2.05) is 0 Å². The van der Waals surface area contributed by atoms with Crippen LogP contribution < -0.4 is 15.5 Å². The van der Waals surface area contributed by atoms with Crippen molar-refractivity contribution in [3.63, 3.8) is 0 Å². The first kappa shape index (κ1) is 12.2. The molecule has 0 saturated heterocycles. The Hall–Kier alpha value is -1.22. The molecule has 3 nitrogen and oxygen atoms in total. The molecule has 0 radical (unpaired) electrons. The summed E-state index contributed by atoms with van der Waals surface area (Å²) >= 11 is 0. The van der Waals surface area contributed by atoms with Crippen LogP contribution in [0.4, 0.5) is 11.4 Å². The van der Waals surface area contributed by atoms with Gasteiger partial charge < -0.3 is 15.5 Å². The standard InChI is InChI=1S/C14H23N3/c1-10(2)11-5-6-13-14(7-11)17(4)12(8-15)9-16(13)3/h5-7,10,12H,8-9,15H2,1-4H3. The predicted octanol–water partition coefficient (Wildman–Crippen LogP) is 2.02. The molecule has 0 bridgehead atoms. The van der Waals surface area contributed by atoms with Crippen LogP contribution >= 0.6 is 0 Å². The maximum atomic E-state index is 5.84. The van der Waals surface area contributed by atoms with E-state index < -0.39 is 0 Å². The van der Waals surface area contributed by atoms with Crippen molar-refractivity contribution in [1.82, 2.24) is 0 Å². The van der Waals surface area contributed by atoms with Crippen molar-refractivity contribution in [2.75, 3.05) is 37.0 Å². The first-order valence-corrected chi connectivity index (χ1v) is 6.32. The molecule has 94 valence electrons. The molecule has 1 unspecified atom stereocenters. The van der Waals surface area contributed by atoms with Gasteiger partial charge in [-0.05, 0) is 23.6 Å². The van der Waals surface area contributed by atoms with Gasteiger partial charge >= 0.3 is 0 Å². The van der Waals surface area contributed by atoms with Gasteiger partial charge in [0.05, 0.1) is 17.4 Å². The van der Waals surface area contributed by atoms with Crippen molar-refractivity contribution in [1.29, 1.82) is 0 Å². The topological polar surface area (TPSA) is 32.5 Å². The molecule has 1 aliphatic rings. The number of rotatable bonds is 2. The summed E-state index contributed by atoms with van der Waals surface area (Å²) in [6.45, 7) is 6.16. The SMILES string of the molecule is CC(C)c1ccc2c(c1)N(C)C(CN)CN2C. The fraction of sp³-hybridized carbons (Fsp3) is 0.571. The predicted molar refractivity (Wildman–Crippen MR) is 75.0 cm³/mol. The Bertz CT molecular complexity index is 400. The number of anilines is 2. The van der Waals surface area contributed by atoms with E-state index in [0.717, 1.165) is 6.54 Å². The van der Waals surface area contributed by atoms with Crippen LogP contribution in [-0.4, -0.2) is 33.2 Å². The highest BCUT2D eigenvalue weighted by Gasteiger charge is 2.25. The summed E-state index contributed by atoms with van der Waals surface area (Å²) in [4.78, 5) is 4.62. The number of benzene rings is 1. The van der Waals surface area contributed by atoms with Crippen LogP contribution in [0.25, 0.3) is 0 Å². The molecule has 2 N–H and O–H groups in total. The van der Waals surface area contributed by atoms with E-state index in [1.165, 1.54) is 16.9 Å². The molecule has 0 fully saturated rings. The first-order valence-electron chi connectivity index (χ1n) is 6.32. The number of likely N-dealkylation sites (N-methyl/N-ethyl adjacent to an activating group) is 2. The van der Waals surface area contributed by atoms with Crippen LogP contribution in [0.15, 0.2) is 18.2 Å². The minimum absolute atomic E-state index is 0.412. The number of nitrogens with two attached hydrogens (primary N) is 1. The molecular formula is C14H23N3. The third-order valence-electron chi connectivity index (χ3n) is 3.76. The molecule has 0 aliphatic carbocycles. The fourth-order valence-electron chi connectivity index (χ4n) is 2.47. The summed E-state index contributed by atoms with van der Waals surface area (Å²) in [6, 6.07) is 7.18. The van der Waals surface area contributed by atoms with Gasteiger partial charge in [-0.3, -0.25) is 0 Å². The average molecular weight is 233 g/mol. The molecular weight excluding hydrogens is 210 g/mol. The zero-order valence-corrected chi connectivity index (χ0v) is 11.3. The van der Waals surface area contributed by atoms with Gasteiger partial charge in [0.25, 0.3) is 0 Å². The molecule has 1 heterocycles. The summed E-state index contributed by atoms with van der Waals surface area (Å²) in [5.74, 6) is 0.567. The van der Waals surface area contributed by atoms with Crippen LogP contribution in [0.3, 0.4) is 0 Å². The van der Waals surface area contributed by atoms with Gasteiger partial charge in [0.1, 0.15) is 0 Å². The van der Waals surface area contributed by atoms with E-state index in [-0.39, 0.29) is 0 Å². The number of fused-ring (bicyclic) bond motifs is 1. The Kier molecular flexibility index (Phi) is 3.29. The first-order chi connectivity index (χ1) is 8.04. The van der Waals surface area contributed by atoms with Crippen LogP contribution in [0.2, 0.25) is 0 Å². The van der Waals surface area contributed by atoms with Crippen molar-refractivity contribution < 1.29 is 0 Å². The molecule has 1 aromatic carbocycles. The Morgan fingerprint density at radius 1 is 1.29 bits per heavy atom. The van der Waals surface area contributed by atoms with Crippen molar-refractivity contribution in [3.8, 4) is 0 Å². The maximum absolute atomic E-state index is 5.84. The molecule has 0 aromatic heterocycles. The highest BCUT2D eigenvalue weighted by molar-refractivity contribution is 5.74. The van der Waals surface area contributed by atoms with Gasteiger partial charge in [0.15, 0.2) is 0 Å². The van der Waals surface area contributed by atoms with E-state index in [4.69, 9.17) is 5.73 Å². The van der Waals surface area contributed by atoms with E-state index in [1.54, 1.807) is 0 Å². The Morgan fingerprint density at radius 3 is 2.59 bits per heavy atom. The maximum Gasteiger partial charge on any atom is 0.0607 e. The molecule has 0 amide bonds. The van der Waals surface area contributed by atoms with Crippen molar-refractivity contribution in [3.05, 3.63) is 23.8 Å². The minimum Gasteiger partial charge on any atom is -0.371 e. The average Bonchev–Trinajstić information content (AvgIpc) is 2.33. The van der Waals surface area contributed by atoms with E-state index >= 15 is 0 Å². The normalized spacial score (nSPS) is 19.8. The minimum atomic E-state index is 0.412. The van der Waals surface area contributed by atoms with Gasteiger partial charge in [-0.25, -0.2) is 0 Å². The Morgan fingerprint density at radius 2 is 2.00 bits per heavy atom. The number of nitrogens with zero attached hydrogens (tertiary/aromatic N) is 2. The second-order valence-electron chi connectivity index (χ2n) is 5.28. The van der Waals surface area contributed by atoms with Crippen molar-refractivity contribution >= 4 is 11.4 Å². The molecule has 0 spiro atoms. The molecule has 2 rings (SSSR count). The van der Waals surface area contributed by atoms with Crippen molar-refractivity contribution in [2.45, 2.75) is 25.8 Å². The summed E-state index contributed by atoms with van der Waals surface area (Å²) in [7, 11) is 4.29. The highest BCUT2D eigenvalue weighted by Crippen LogP contribution is 2.35. The highest BCUT2D eigenvalue weighted by atomic mass is 15.3. The van der Waals surface area contributed by atoms with Gasteiger partial charge in [-0.15, -0.1) is 0 Å². The second kappa shape index (κ2) is 4.57. The summed E-state index contributed by atoms with van der Waals surface area (Å²) < 4.78 is 0. The molecule has 1 aliphatic heterocycles. The number of hydrogen-bond donors (Lipinski definition) is 1. The van der Waals surface area contributed by atoms with Crippen LogP contribution in [-0.2, 0) is 0 Å². The third-order valence-corrected chi connectivity index (χ3v) is 3.76. The quantitative estimate of drug-likeness (QED) is 0.848. The van der Waals surface area contributed by atoms with Gasteiger partial charge in [-0.1, -0.05) is 19.9 Å². The van der Waals surface area contributed by atoms with Crippen LogP contribution in [0, 0.1) is 0 Å².